The molecule has 0 fully saturated rings. The summed E-state index contributed by atoms with van der Waals surface area (Å²) in [6, 6.07) is 14.0. The normalized spacial score (nSPS) is 17.1. The highest BCUT2D eigenvalue weighted by Crippen LogP contribution is 2.35. The molecule has 0 bridgehead atoms. The van der Waals surface area contributed by atoms with Gasteiger partial charge in [0.25, 0.3) is 0 Å². The zero-order valence-electron chi connectivity index (χ0n) is 11.6. The highest BCUT2D eigenvalue weighted by atomic mass is 79.9. The van der Waals surface area contributed by atoms with E-state index in [4.69, 9.17) is 15.9 Å². The molecule has 1 unspecified atom stereocenters. The van der Waals surface area contributed by atoms with E-state index in [1.165, 1.54) is 11.1 Å². The smallest absolute Gasteiger partial charge is 0.132 e. The standard InChI is InChI=1S/C17H17BrN2O/c18-12-8-9-14(17(19)20)16(10-12)21-15-7-3-5-11-4-1-2-6-13(11)15/h1-2,4,6,8-10,15H,3,5,7H2,(H3,19,20). The Balaban J connectivity index is 1.95. The Morgan fingerprint density at radius 2 is 2.05 bits per heavy atom. The molecule has 108 valence electrons. The van der Waals surface area contributed by atoms with Gasteiger partial charge in [0.15, 0.2) is 0 Å². The Bertz CT molecular complexity index is 684. The van der Waals surface area contributed by atoms with Gasteiger partial charge in [-0.25, -0.2) is 0 Å². The first-order valence-corrected chi connectivity index (χ1v) is 7.83. The molecule has 2 aromatic carbocycles. The van der Waals surface area contributed by atoms with Gasteiger partial charge < -0.3 is 10.5 Å². The minimum Gasteiger partial charge on any atom is -0.485 e. The second-order valence-corrected chi connectivity index (χ2v) is 6.17. The molecule has 3 nitrogen and oxygen atoms in total. The number of hydrogen-bond acceptors (Lipinski definition) is 2. The molecular weight excluding hydrogens is 328 g/mol. The van der Waals surface area contributed by atoms with Crippen LogP contribution in [0.1, 0.15) is 35.6 Å². The number of ether oxygens (including phenoxy) is 1. The lowest BCUT2D eigenvalue weighted by atomic mass is 9.89. The minimum absolute atomic E-state index is 0.0293. The first-order chi connectivity index (χ1) is 10.1. The largest absolute Gasteiger partial charge is 0.485 e. The fraction of sp³-hybridized carbons (Fsp3) is 0.235. The summed E-state index contributed by atoms with van der Waals surface area (Å²) in [5.41, 5.74) is 8.90. The van der Waals surface area contributed by atoms with Crippen molar-refractivity contribution in [1.29, 1.82) is 5.41 Å². The molecular formula is C17H17BrN2O. The first-order valence-electron chi connectivity index (χ1n) is 7.03. The molecule has 0 heterocycles. The molecule has 0 aliphatic heterocycles. The van der Waals surface area contributed by atoms with Crippen molar-refractivity contribution in [1.82, 2.24) is 0 Å². The number of benzene rings is 2. The van der Waals surface area contributed by atoms with E-state index in [9.17, 15) is 0 Å². The molecule has 0 saturated carbocycles. The first kappa shape index (κ1) is 14.1. The van der Waals surface area contributed by atoms with E-state index in [2.05, 4.69) is 34.1 Å². The van der Waals surface area contributed by atoms with Crippen LogP contribution in [0, 0.1) is 5.41 Å². The monoisotopic (exact) mass is 344 g/mol. The van der Waals surface area contributed by atoms with Gasteiger partial charge >= 0.3 is 0 Å². The molecule has 2 aromatic rings. The van der Waals surface area contributed by atoms with Crippen molar-refractivity contribution in [3.05, 3.63) is 63.6 Å². The summed E-state index contributed by atoms with van der Waals surface area (Å²) in [4.78, 5) is 0. The molecule has 0 radical (unpaired) electrons. The predicted molar refractivity (Wildman–Crippen MR) is 87.9 cm³/mol. The van der Waals surface area contributed by atoms with Gasteiger partial charge in [0, 0.05) is 4.47 Å². The van der Waals surface area contributed by atoms with Crippen molar-refractivity contribution in [2.75, 3.05) is 0 Å². The number of halogens is 1. The van der Waals surface area contributed by atoms with Gasteiger partial charge in [-0.3, -0.25) is 5.41 Å². The fourth-order valence-electron chi connectivity index (χ4n) is 2.80. The minimum atomic E-state index is 0.0293. The van der Waals surface area contributed by atoms with Gasteiger partial charge in [-0.05, 0) is 48.6 Å². The number of aryl methyl sites for hydroxylation is 1. The zero-order chi connectivity index (χ0) is 14.8. The van der Waals surface area contributed by atoms with Crippen LogP contribution >= 0.6 is 15.9 Å². The van der Waals surface area contributed by atoms with E-state index in [-0.39, 0.29) is 11.9 Å². The maximum Gasteiger partial charge on any atom is 0.132 e. The number of nitrogen functional groups attached to an aromatic ring is 1. The molecule has 21 heavy (non-hydrogen) atoms. The van der Waals surface area contributed by atoms with Crippen LogP contribution < -0.4 is 10.5 Å². The maximum atomic E-state index is 7.69. The molecule has 0 saturated heterocycles. The number of nitrogens with one attached hydrogen (secondary N) is 1. The summed E-state index contributed by atoms with van der Waals surface area (Å²) in [6.07, 6.45) is 3.24. The summed E-state index contributed by atoms with van der Waals surface area (Å²) in [6.45, 7) is 0. The highest BCUT2D eigenvalue weighted by Gasteiger charge is 2.22. The van der Waals surface area contributed by atoms with E-state index in [0.717, 1.165) is 23.7 Å². The lowest BCUT2D eigenvalue weighted by Crippen LogP contribution is -2.18. The molecule has 3 rings (SSSR count). The van der Waals surface area contributed by atoms with E-state index in [1.54, 1.807) is 0 Å². The molecule has 1 aliphatic carbocycles. The number of fused-ring (bicyclic) bond motifs is 1. The summed E-state index contributed by atoms with van der Waals surface area (Å²) in [5.74, 6) is 0.695. The quantitative estimate of drug-likeness (QED) is 0.647. The second-order valence-electron chi connectivity index (χ2n) is 5.25. The average Bonchev–Trinajstić information content (AvgIpc) is 2.47. The Morgan fingerprint density at radius 1 is 1.24 bits per heavy atom. The molecule has 0 aromatic heterocycles. The Labute approximate surface area is 132 Å². The van der Waals surface area contributed by atoms with Gasteiger partial charge in [-0.1, -0.05) is 40.2 Å². The van der Waals surface area contributed by atoms with Gasteiger partial charge in [-0.2, -0.15) is 0 Å². The fourth-order valence-corrected chi connectivity index (χ4v) is 3.14. The Hall–Kier alpha value is -1.81. The second kappa shape index (κ2) is 5.90. The van der Waals surface area contributed by atoms with E-state index >= 15 is 0 Å². The number of hydrogen-bond donors (Lipinski definition) is 2. The van der Waals surface area contributed by atoms with Crippen molar-refractivity contribution in [2.45, 2.75) is 25.4 Å². The summed E-state index contributed by atoms with van der Waals surface area (Å²) >= 11 is 3.45. The number of nitrogens with two attached hydrogens (primary N) is 1. The van der Waals surface area contributed by atoms with E-state index < -0.39 is 0 Å². The van der Waals surface area contributed by atoms with Gasteiger partial charge in [0.2, 0.25) is 0 Å². The van der Waals surface area contributed by atoms with Crippen molar-refractivity contribution in [2.24, 2.45) is 5.73 Å². The van der Waals surface area contributed by atoms with Crippen LogP contribution in [0.15, 0.2) is 46.9 Å². The topological polar surface area (TPSA) is 59.1 Å². The van der Waals surface area contributed by atoms with Crippen LogP contribution in [-0.2, 0) is 6.42 Å². The molecule has 1 aliphatic rings. The molecule has 3 N–H and O–H groups in total. The third kappa shape index (κ3) is 2.95. The molecule has 0 spiro atoms. The van der Waals surface area contributed by atoms with Gasteiger partial charge in [0.1, 0.15) is 17.7 Å². The van der Waals surface area contributed by atoms with Crippen LogP contribution in [0.25, 0.3) is 0 Å². The number of amidine groups is 1. The maximum absolute atomic E-state index is 7.69. The third-order valence-corrected chi connectivity index (χ3v) is 4.31. The van der Waals surface area contributed by atoms with Crippen LogP contribution in [0.3, 0.4) is 0 Å². The van der Waals surface area contributed by atoms with Crippen LogP contribution in [0.2, 0.25) is 0 Å². The molecule has 1 atom stereocenters. The third-order valence-electron chi connectivity index (χ3n) is 3.82. The Kier molecular flexibility index (Phi) is 3.97. The van der Waals surface area contributed by atoms with Crippen molar-refractivity contribution in [3.63, 3.8) is 0 Å². The van der Waals surface area contributed by atoms with Gasteiger partial charge in [-0.15, -0.1) is 0 Å². The predicted octanol–water partition coefficient (Wildman–Crippen LogP) is 4.19. The van der Waals surface area contributed by atoms with Crippen molar-refractivity contribution >= 4 is 21.8 Å². The van der Waals surface area contributed by atoms with E-state index in [1.807, 2.05) is 24.3 Å². The number of rotatable bonds is 3. The summed E-state index contributed by atoms with van der Waals surface area (Å²) in [7, 11) is 0. The zero-order valence-corrected chi connectivity index (χ0v) is 13.2. The highest BCUT2D eigenvalue weighted by molar-refractivity contribution is 9.10. The van der Waals surface area contributed by atoms with Crippen LogP contribution in [0.5, 0.6) is 5.75 Å². The van der Waals surface area contributed by atoms with Crippen molar-refractivity contribution < 1.29 is 4.74 Å². The summed E-state index contributed by atoms with van der Waals surface area (Å²) in [5, 5.41) is 7.69. The van der Waals surface area contributed by atoms with E-state index in [0.29, 0.717) is 11.3 Å². The lowest BCUT2D eigenvalue weighted by molar-refractivity contribution is 0.183. The van der Waals surface area contributed by atoms with Crippen LogP contribution in [-0.4, -0.2) is 5.84 Å². The average molecular weight is 345 g/mol. The molecule has 0 amide bonds. The summed E-state index contributed by atoms with van der Waals surface area (Å²) < 4.78 is 7.13. The SMILES string of the molecule is N=C(N)c1ccc(Br)cc1OC1CCCc2ccccc21. The molecule has 4 heteroatoms. The van der Waals surface area contributed by atoms with Crippen LogP contribution in [0.4, 0.5) is 0 Å². The van der Waals surface area contributed by atoms with Crippen molar-refractivity contribution in [3.8, 4) is 5.75 Å². The Morgan fingerprint density at radius 3 is 2.86 bits per heavy atom. The van der Waals surface area contributed by atoms with Gasteiger partial charge in [0.05, 0.1) is 5.56 Å². The lowest BCUT2D eigenvalue weighted by Gasteiger charge is -2.27.